The maximum Gasteiger partial charge on any atom is 0.416 e. The Morgan fingerprint density at radius 2 is 2.00 bits per heavy atom. The number of nitrogens with zero attached hydrogens (tertiary/aromatic N) is 1. The fraction of sp³-hybridized carbons (Fsp3) is 0.500. The van der Waals surface area contributed by atoms with Gasteiger partial charge < -0.3 is 10.0 Å². The Morgan fingerprint density at radius 1 is 1.35 bits per heavy atom. The van der Waals surface area contributed by atoms with Crippen molar-refractivity contribution in [2.24, 2.45) is 5.41 Å². The SMILES string of the molecule is CC1(C)CCN(c2ccc(C(F)(F)F)cc2C(=O)O)C1. The summed E-state index contributed by atoms with van der Waals surface area (Å²) in [6.07, 6.45) is -3.65. The summed E-state index contributed by atoms with van der Waals surface area (Å²) in [4.78, 5) is 13.1. The van der Waals surface area contributed by atoms with Crippen molar-refractivity contribution < 1.29 is 23.1 Å². The molecule has 2 rings (SSSR count). The standard InChI is InChI=1S/C14H16F3NO2/c1-13(2)5-6-18(8-13)11-4-3-9(14(15,16)17)7-10(11)12(19)20/h3-4,7H,5-6,8H2,1-2H3,(H,19,20). The van der Waals surface area contributed by atoms with Crippen LogP contribution in [0.5, 0.6) is 0 Å². The fourth-order valence-electron chi connectivity index (χ4n) is 2.48. The van der Waals surface area contributed by atoms with Gasteiger partial charge in [-0.1, -0.05) is 13.8 Å². The third-order valence-electron chi connectivity index (χ3n) is 3.57. The van der Waals surface area contributed by atoms with Gasteiger partial charge in [0, 0.05) is 13.1 Å². The second kappa shape index (κ2) is 4.68. The van der Waals surface area contributed by atoms with E-state index in [1.165, 1.54) is 6.07 Å². The van der Waals surface area contributed by atoms with Crippen molar-refractivity contribution in [1.29, 1.82) is 0 Å². The van der Waals surface area contributed by atoms with Crippen LogP contribution in [0.4, 0.5) is 18.9 Å². The molecule has 1 saturated heterocycles. The average molecular weight is 287 g/mol. The van der Waals surface area contributed by atoms with Crippen molar-refractivity contribution in [3.8, 4) is 0 Å². The number of anilines is 1. The molecule has 0 unspecified atom stereocenters. The Hall–Kier alpha value is -1.72. The molecule has 6 heteroatoms. The van der Waals surface area contributed by atoms with Gasteiger partial charge in [-0.25, -0.2) is 4.79 Å². The number of benzene rings is 1. The Balaban J connectivity index is 2.42. The number of carbonyl (C=O) groups is 1. The van der Waals surface area contributed by atoms with Gasteiger partial charge in [-0.2, -0.15) is 13.2 Å². The van der Waals surface area contributed by atoms with Gasteiger partial charge in [0.15, 0.2) is 0 Å². The van der Waals surface area contributed by atoms with Crippen LogP contribution in [0.2, 0.25) is 0 Å². The summed E-state index contributed by atoms with van der Waals surface area (Å²) in [7, 11) is 0. The van der Waals surface area contributed by atoms with Crippen LogP contribution < -0.4 is 4.90 Å². The Labute approximate surface area is 115 Å². The van der Waals surface area contributed by atoms with E-state index in [0.717, 1.165) is 12.5 Å². The molecule has 1 fully saturated rings. The molecule has 0 radical (unpaired) electrons. The lowest BCUT2D eigenvalue weighted by atomic mass is 9.93. The molecule has 1 aromatic rings. The van der Waals surface area contributed by atoms with Gasteiger partial charge in [0.25, 0.3) is 0 Å². The maximum absolute atomic E-state index is 12.7. The molecule has 1 heterocycles. The number of carboxylic acid groups (broad SMARTS) is 1. The second-order valence-corrected chi connectivity index (χ2v) is 5.87. The summed E-state index contributed by atoms with van der Waals surface area (Å²) in [6, 6.07) is 2.91. The minimum atomic E-state index is -4.53. The molecule has 1 aromatic carbocycles. The molecule has 0 atom stereocenters. The van der Waals surface area contributed by atoms with Gasteiger partial charge in [0.05, 0.1) is 16.8 Å². The molecule has 3 nitrogen and oxygen atoms in total. The number of halogens is 3. The van der Waals surface area contributed by atoms with Gasteiger partial charge in [0.2, 0.25) is 0 Å². The van der Waals surface area contributed by atoms with Crippen molar-refractivity contribution in [3.05, 3.63) is 29.3 Å². The topological polar surface area (TPSA) is 40.5 Å². The molecule has 1 aliphatic rings. The van der Waals surface area contributed by atoms with E-state index in [4.69, 9.17) is 5.11 Å². The highest BCUT2D eigenvalue weighted by Crippen LogP contribution is 2.37. The minimum absolute atomic E-state index is 0.0402. The maximum atomic E-state index is 12.7. The summed E-state index contributed by atoms with van der Waals surface area (Å²) in [5.41, 5.74) is -0.830. The minimum Gasteiger partial charge on any atom is -0.478 e. The first-order valence-electron chi connectivity index (χ1n) is 6.30. The summed E-state index contributed by atoms with van der Waals surface area (Å²) < 4.78 is 38.0. The van der Waals surface area contributed by atoms with Crippen LogP contribution in [0, 0.1) is 5.41 Å². The molecule has 0 spiro atoms. The zero-order valence-electron chi connectivity index (χ0n) is 11.3. The van der Waals surface area contributed by atoms with E-state index in [0.29, 0.717) is 24.8 Å². The zero-order valence-corrected chi connectivity index (χ0v) is 11.3. The predicted octanol–water partition coefficient (Wildman–Crippen LogP) is 3.64. The van der Waals surface area contributed by atoms with Crippen molar-refractivity contribution in [2.45, 2.75) is 26.4 Å². The lowest BCUT2D eigenvalue weighted by molar-refractivity contribution is -0.137. The highest BCUT2D eigenvalue weighted by molar-refractivity contribution is 5.94. The van der Waals surface area contributed by atoms with Crippen LogP contribution in [-0.4, -0.2) is 24.2 Å². The van der Waals surface area contributed by atoms with Gasteiger partial charge in [-0.05, 0) is 30.0 Å². The molecule has 1 N–H and O–H groups in total. The smallest absolute Gasteiger partial charge is 0.416 e. The molecule has 20 heavy (non-hydrogen) atoms. The van der Waals surface area contributed by atoms with Crippen LogP contribution in [0.15, 0.2) is 18.2 Å². The van der Waals surface area contributed by atoms with E-state index >= 15 is 0 Å². The molecule has 110 valence electrons. The third-order valence-corrected chi connectivity index (χ3v) is 3.57. The Morgan fingerprint density at radius 3 is 2.45 bits per heavy atom. The lowest BCUT2D eigenvalue weighted by Gasteiger charge is -2.23. The quantitative estimate of drug-likeness (QED) is 0.902. The molecule has 0 aliphatic carbocycles. The lowest BCUT2D eigenvalue weighted by Crippen LogP contribution is -2.25. The first kappa shape index (κ1) is 14.7. The summed E-state index contributed by atoms with van der Waals surface area (Å²) in [6.45, 7) is 5.40. The van der Waals surface area contributed by atoms with Gasteiger partial charge in [-0.15, -0.1) is 0 Å². The van der Waals surface area contributed by atoms with Gasteiger partial charge >= 0.3 is 12.1 Å². The molecular weight excluding hydrogens is 271 g/mol. The number of carboxylic acids is 1. The van der Waals surface area contributed by atoms with E-state index in [-0.39, 0.29) is 11.0 Å². The highest BCUT2D eigenvalue weighted by atomic mass is 19.4. The highest BCUT2D eigenvalue weighted by Gasteiger charge is 2.34. The zero-order chi connectivity index (χ0) is 15.1. The van der Waals surface area contributed by atoms with Crippen LogP contribution in [-0.2, 0) is 6.18 Å². The van der Waals surface area contributed by atoms with Crippen molar-refractivity contribution in [3.63, 3.8) is 0 Å². The largest absolute Gasteiger partial charge is 0.478 e. The number of hydrogen-bond donors (Lipinski definition) is 1. The average Bonchev–Trinajstić information content (AvgIpc) is 2.67. The number of hydrogen-bond acceptors (Lipinski definition) is 2. The normalized spacial score (nSPS) is 18.4. The van der Waals surface area contributed by atoms with E-state index in [1.54, 1.807) is 0 Å². The van der Waals surface area contributed by atoms with E-state index in [1.807, 2.05) is 4.90 Å². The number of alkyl halides is 3. The van der Waals surface area contributed by atoms with Gasteiger partial charge in [-0.3, -0.25) is 0 Å². The molecule has 1 aliphatic heterocycles. The first-order chi connectivity index (χ1) is 9.10. The Kier molecular flexibility index (Phi) is 3.44. The molecule has 0 amide bonds. The van der Waals surface area contributed by atoms with Crippen molar-refractivity contribution in [2.75, 3.05) is 18.0 Å². The first-order valence-corrected chi connectivity index (χ1v) is 6.30. The summed E-state index contributed by atoms with van der Waals surface area (Å²) in [5, 5.41) is 9.15. The molecule has 0 aromatic heterocycles. The molecular formula is C14H16F3NO2. The van der Waals surface area contributed by atoms with Crippen LogP contribution in [0.25, 0.3) is 0 Å². The van der Waals surface area contributed by atoms with E-state index in [9.17, 15) is 18.0 Å². The van der Waals surface area contributed by atoms with Gasteiger partial charge in [0.1, 0.15) is 0 Å². The molecule has 0 bridgehead atoms. The second-order valence-electron chi connectivity index (χ2n) is 5.87. The monoisotopic (exact) mass is 287 g/mol. The third kappa shape index (κ3) is 2.89. The van der Waals surface area contributed by atoms with Crippen LogP contribution >= 0.6 is 0 Å². The molecule has 0 saturated carbocycles. The van der Waals surface area contributed by atoms with E-state index < -0.39 is 17.7 Å². The Bertz CT molecular complexity index is 538. The van der Waals surface area contributed by atoms with Crippen molar-refractivity contribution in [1.82, 2.24) is 0 Å². The van der Waals surface area contributed by atoms with Crippen LogP contribution in [0.1, 0.15) is 36.2 Å². The van der Waals surface area contributed by atoms with E-state index in [2.05, 4.69) is 13.8 Å². The predicted molar refractivity (Wildman–Crippen MR) is 69.0 cm³/mol. The number of aromatic carboxylic acids is 1. The fourth-order valence-corrected chi connectivity index (χ4v) is 2.48. The number of rotatable bonds is 2. The van der Waals surface area contributed by atoms with Crippen molar-refractivity contribution >= 4 is 11.7 Å². The summed E-state index contributed by atoms with van der Waals surface area (Å²) in [5.74, 6) is -1.34. The summed E-state index contributed by atoms with van der Waals surface area (Å²) >= 11 is 0. The van der Waals surface area contributed by atoms with Crippen LogP contribution in [0.3, 0.4) is 0 Å².